The van der Waals surface area contributed by atoms with Crippen molar-refractivity contribution in [2.45, 2.75) is 13.5 Å². The standard InChI is InChI=1S/C21H17N3O3/c1-14-11-16(27-23-14)13-24-19-10-6-5-9-17(19)18(21(24)26)12-20(25)22-15-7-3-2-4-8-15/h2-12H,13H2,1H3,(H,22,25)/b18-12+. The Balaban J connectivity index is 1.63. The number of anilines is 2. The first-order chi connectivity index (χ1) is 13.1. The van der Waals surface area contributed by atoms with Crippen LogP contribution in [0.25, 0.3) is 5.57 Å². The highest BCUT2D eigenvalue weighted by Crippen LogP contribution is 2.37. The number of nitrogens with one attached hydrogen (secondary N) is 1. The third kappa shape index (κ3) is 3.37. The van der Waals surface area contributed by atoms with Gasteiger partial charge in [0.2, 0.25) is 5.91 Å². The van der Waals surface area contributed by atoms with E-state index in [-0.39, 0.29) is 18.4 Å². The van der Waals surface area contributed by atoms with Crippen molar-refractivity contribution in [2.75, 3.05) is 10.2 Å². The summed E-state index contributed by atoms with van der Waals surface area (Å²) in [6, 6.07) is 18.3. The highest BCUT2D eigenvalue weighted by molar-refractivity contribution is 6.35. The Morgan fingerprint density at radius 1 is 1.15 bits per heavy atom. The van der Waals surface area contributed by atoms with Gasteiger partial charge >= 0.3 is 0 Å². The molecule has 4 rings (SSSR count). The molecule has 0 atom stereocenters. The quantitative estimate of drug-likeness (QED) is 0.723. The number of para-hydroxylation sites is 2. The van der Waals surface area contributed by atoms with Crippen LogP contribution in [0.3, 0.4) is 0 Å². The van der Waals surface area contributed by atoms with Crippen LogP contribution in [0.4, 0.5) is 11.4 Å². The van der Waals surface area contributed by atoms with Crippen molar-refractivity contribution in [2.24, 2.45) is 0 Å². The van der Waals surface area contributed by atoms with Crippen LogP contribution < -0.4 is 10.2 Å². The molecule has 1 aliphatic heterocycles. The van der Waals surface area contributed by atoms with Gasteiger partial charge in [-0.3, -0.25) is 9.59 Å². The molecule has 0 unspecified atom stereocenters. The summed E-state index contributed by atoms with van der Waals surface area (Å²) in [5.41, 5.74) is 3.25. The smallest absolute Gasteiger partial charge is 0.259 e. The molecule has 0 aliphatic carbocycles. The van der Waals surface area contributed by atoms with Gasteiger partial charge in [0.05, 0.1) is 23.5 Å². The average molecular weight is 359 g/mol. The van der Waals surface area contributed by atoms with E-state index in [1.807, 2.05) is 49.4 Å². The molecule has 0 spiro atoms. The topological polar surface area (TPSA) is 75.4 Å². The largest absolute Gasteiger partial charge is 0.359 e. The average Bonchev–Trinajstić information content (AvgIpc) is 3.19. The Hall–Kier alpha value is -3.67. The molecular formula is C21H17N3O3. The predicted octanol–water partition coefficient (Wildman–Crippen LogP) is 3.55. The normalized spacial score (nSPS) is 14.5. The summed E-state index contributed by atoms with van der Waals surface area (Å²) in [5, 5.41) is 6.64. The van der Waals surface area contributed by atoms with E-state index in [9.17, 15) is 9.59 Å². The molecule has 2 heterocycles. The van der Waals surface area contributed by atoms with E-state index < -0.39 is 0 Å². The van der Waals surface area contributed by atoms with E-state index in [1.54, 1.807) is 23.1 Å². The minimum atomic E-state index is -0.350. The number of aromatic nitrogens is 1. The second-order valence-electron chi connectivity index (χ2n) is 6.26. The van der Waals surface area contributed by atoms with Gasteiger partial charge in [0.1, 0.15) is 0 Å². The van der Waals surface area contributed by atoms with Crippen LogP contribution in [-0.4, -0.2) is 17.0 Å². The van der Waals surface area contributed by atoms with Crippen LogP contribution >= 0.6 is 0 Å². The van der Waals surface area contributed by atoms with E-state index in [2.05, 4.69) is 10.5 Å². The summed E-state index contributed by atoms with van der Waals surface area (Å²) < 4.78 is 5.24. The fraction of sp³-hybridized carbons (Fsp3) is 0.0952. The van der Waals surface area contributed by atoms with E-state index in [4.69, 9.17) is 4.52 Å². The van der Waals surface area contributed by atoms with Gasteiger partial charge in [0, 0.05) is 23.4 Å². The second kappa shape index (κ2) is 6.92. The molecule has 3 aromatic rings. The number of amides is 2. The van der Waals surface area contributed by atoms with Gasteiger partial charge in [-0.25, -0.2) is 0 Å². The van der Waals surface area contributed by atoms with Gasteiger partial charge < -0.3 is 14.7 Å². The first kappa shape index (κ1) is 16.8. The number of hydrogen-bond acceptors (Lipinski definition) is 4. The lowest BCUT2D eigenvalue weighted by atomic mass is 10.1. The van der Waals surface area contributed by atoms with E-state index in [1.165, 1.54) is 6.08 Å². The maximum Gasteiger partial charge on any atom is 0.259 e. The maximum atomic E-state index is 13.0. The van der Waals surface area contributed by atoms with Crippen molar-refractivity contribution in [3.8, 4) is 0 Å². The van der Waals surface area contributed by atoms with Crippen molar-refractivity contribution < 1.29 is 14.1 Å². The number of carbonyl (C=O) groups excluding carboxylic acids is 2. The third-order valence-electron chi connectivity index (χ3n) is 4.27. The van der Waals surface area contributed by atoms with Gasteiger partial charge in [0.25, 0.3) is 5.91 Å². The van der Waals surface area contributed by atoms with Crippen molar-refractivity contribution in [1.82, 2.24) is 5.16 Å². The molecule has 134 valence electrons. The molecule has 2 aromatic carbocycles. The van der Waals surface area contributed by atoms with Crippen molar-refractivity contribution in [1.29, 1.82) is 0 Å². The highest BCUT2D eigenvalue weighted by Gasteiger charge is 2.33. The molecular weight excluding hydrogens is 342 g/mol. The fourth-order valence-corrected chi connectivity index (χ4v) is 3.08. The number of aryl methyl sites for hydroxylation is 1. The summed E-state index contributed by atoms with van der Waals surface area (Å²) in [7, 11) is 0. The monoisotopic (exact) mass is 359 g/mol. The molecule has 1 aromatic heterocycles. The zero-order valence-corrected chi connectivity index (χ0v) is 14.7. The third-order valence-corrected chi connectivity index (χ3v) is 4.27. The highest BCUT2D eigenvalue weighted by atomic mass is 16.5. The Labute approximate surface area is 156 Å². The minimum Gasteiger partial charge on any atom is -0.359 e. The number of benzene rings is 2. The number of rotatable bonds is 4. The van der Waals surface area contributed by atoms with Gasteiger partial charge in [-0.1, -0.05) is 41.6 Å². The number of carbonyl (C=O) groups is 2. The Morgan fingerprint density at radius 2 is 1.89 bits per heavy atom. The summed E-state index contributed by atoms with van der Waals surface area (Å²) in [6.07, 6.45) is 1.35. The van der Waals surface area contributed by atoms with E-state index in [0.29, 0.717) is 17.0 Å². The molecule has 1 N–H and O–H groups in total. The van der Waals surface area contributed by atoms with Crippen LogP contribution in [0.5, 0.6) is 0 Å². The molecule has 0 bridgehead atoms. The number of nitrogens with zero attached hydrogens (tertiary/aromatic N) is 2. The lowest BCUT2D eigenvalue weighted by molar-refractivity contribution is -0.114. The lowest BCUT2D eigenvalue weighted by Gasteiger charge is -2.14. The molecule has 2 amide bonds. The van der Waals surface area contributed by atoms with Gasteiger partial charge in [-0.05, 0) is 25.1 Å². The first-order valence-corrected chi connectivity index (χ1v) is 8.53. The number of fused-ring (bicyclic) bond motifs is 1. The predicted molar refractivity (Wildman–Crippen MR) is 102 cm³/mol. The summed E-state index contributed by atoms with van der Waals surface area (Å²) in [5.74, 6) is -0.00387. The summed E-state index contributed by atoms with van der Waals surface area (Å²) >= 11 is 0. The fourth-order valence-electron chi connectivity index (χ4n) is 3.08. The molecule has 6 heteroatoms. The van der Waals surface area contributed by atoms with Crippen LogP contribution in [-0.2, 0) is 16.1 Å². The Morgan fingerprint density at radius 3 is 2.63 bits per heavy atom. The van der Waals surface area contributed by atoms with Crippen molar-refractivity contribution in [3.63, 3.8) is 0 Å². The number of hydrogen-bond donors (Lipinski definition) is 1. The zero-order valence-electron chi connectivity index (χ0n) is 14.7. The molecule has 0 radical (unpaired) electrons. The second-order valence-corrected chi connectivity index (χ2v) is 6.26. The lowest BCUT2D eigenvalue weighted by Crippen LogP contribution is -2.25. The van der Waals surface area contributed by atoms with Gasteiger partial charge in [0.15, 0.2) is 5.76 Å². The van der Waals surface area contributed by atoms with Crippen LogP contribution in [0.1, 0.15) is 17.0 Å². The first-order valence-electron chi connectivity index (χ1n) is 8.53. The van der Waals surface area contributed by atoms with Gasteiger partial charge in [-0.15, -0.1) is 0 Å². The molecule has 0 saturated carbocycles. The summed E-state index contributed by atoms with van der Waals surface area (Å²) in [6.45, 7) is 2.08. The zero-order chi connectivity index (χ0) is 18.8. The molecule has 0 saturated heterocycles. The van der Waals surface area contributed by atoms with Crippen molar-refractivity contribution >= 4 is 28.8 Å². The summed E-state index contributed by atoms with van der Waals surface area (Å²) in [4.78, 5) is 27.0. The minimum absolute atomic E-state index is 0.242. The van der Waals surface area contributed by atoms with E-state index >= 15 is 0 Å². The molecule has 6 nitrogen and oxygen atoms in total. The van der Waals surface area contributed by atoms with E-state index in [0.717, 1.165) is 16.9 Å². The van der Waals surface area contributed by atoms with Crippen LogP contribution in [0, 0.1) is 6.92 Å². The van der Waals surface area contributed by atoms with Gasteiger partial charge in [-0.2, -0.15) is 0 Å². The van der Waals surface area contributed by atoms with Crippen LogP contribution in [0.2, 0.25) is 0 Å². The molecule has 27 heavy (non-hydrogen) atoms. The van der Waals surface area contributed by atoms with Crippen LogP contribution in [0.15, 0.2) is 71.3 Å². The maximum absolute atomic E-state index is 13.0. The molecule has 1 aliphatic rings. The Kier molecular flexibility index (Phi) is 4.30. The molecule has 0 fully saturated rings. The Bertz CT molecular complexity index is 1040. The SMILES string of the molecule is Cc1cc(CN2C(=O)/C(=C/C(=O)Nc3ccccc3)c3ccccc32)on1. The van der Waals surface area contributed by atoms with Crippen molar-refractivity contribution in [3.05, 3.63) is 83.8 Å².